The molecule has 104 valence electrons. The van der Waals surface area contributed by atoms with Crippen molar-refractivity contribution in [1.82, 2.24) is 5.32 Å². The lowest BCUT2D eigenvalue weighted by atomic mass is 9.98. The lowest BCUT2D eigenvalue weighted by molar-refractivity contribution is -0.122. The molecular formula is C15H22N2O2. The summed E-state index contributed by atoms with van der Waals surface area (Å²) in [6.45, 7) is 4.28. The number of rotatable bonds is 4. The molecule has 1 aliphatic rings. The number of nitrogens with two attached hydrogens (primary N) is 1. The van der Waals surface area contributed by atoms with E-state index in [-0.39, 0.29) is 11.8 Å². The van der Waals surface area contributed by atoms with Crippen molar-refractivity contribution in [2.24, 2.45) is 5.92 Å². The maximum Gasteiger partial charge on any atom is 0.227 e. The van der Waals surface area contributed by atoms with E-state index in [9.17, 15) is 4.79 Å². The number of nitrogens with one attached hydrogen (secondary N) is 1. The Morgan fingerprint density at radius 3 is 2.89 bits per heavy atom. The Bertz CT molecular complexity index is 428. The summed E-state index contributed by atoms with van der Waals surface area (Å²) in [5, 5.41) is 3.03. The Morgan fingerprint density at radius 1 is 1.47 bits per heavy atom. The van der Waals surface area contributed by atoms with Gasteiger partial charge in [-0.25, -0.2) is 0 Å². The molecule has 1 heterocycles. The second kappa shape index (κ2) is 6.57. The lowest BCUT2D eigenvalue weighted by Crippen LogP contribution is -2.34. The van der Waals surface area contributed by atoms with Gasteiger partial charge in [0.15, 0.2) is 0 Å². The van der Waals surface area contributed by atoms with Crippen molar-refractivity contribution in [3.63, 3.8) is 0 Å². The van der Waals surface area contributed by atoms with Crippen molar-refractivity contribution in [3.05, 3.63) is 29.8 Å². The number of hydrogen-bond acceptors (Lipinski definition) is 3. The summed E-state index contributed by atoms with van der Waals surface area (Å²) in [7, 11) is 0. The van der Waals surface area contributed by atoms with Crippen LogP contribution in [0.15, 0.2) is 24.3 Å². The van der Waals surface area contributed by atoms with Gasteiger partial charge in [0.25, 0.3) is 0 Å². The normalized spacial score (nSPS) is 17.9. The molecular weight excluding hydrogens is 240 g/mol. The third kappa shape index (κ3) is 3.96. The fourth-order valence-electron chi connectivity index (χ4n) is 2.33. The van der Waals surface area contributed by atoms with Gasteiger partial charge in [-0.15, -0.1) is 0 Å². The number of carbonyl (C=O) groups is 1. The van der Waals surface area contributed by atoms with Crippen molar-refractivity contribution in [1.29, 1.82) is 0 Å². The standard InChI is InChI=1S/C15H22N2O2/c1-11(13-3-2-4-14(16)9-13)15(18)17-10-12-5-7-19-8-6-12/h2-4,9,11-12H,5-8,10,16H2,1H3,(H,17,18). The van der Waals surface area contributed by atoms with Crippen molar-refractivity contribution in [3.8, 4) is 0 Å². The average Bonchev–Trinajstić information content (AvgIpc) is 2.45. The molecule has 2 rings (SSSR count). The van der Waals surface area contributed by atoms with Crippen LogP contribution in [0, 0.1) is 5.92 Å². The number of benzene rings is 1. The number of carbonyl (C=O) groups excluding carboxylic acids is 1. The van der Waals surface area contributed by atoms with Crippen molar-refractivity contribution in [2.75, 3.05) is 25.5 Å². The fourth-order valence-corrected chi connectivity index (χ4v) is 2.33. The molecule has 1 saturated heterocycles. The SMILES string of the molecule is CC(C(=O)NCC1CCOCC1)c1cccc(N)c1. The van der Waals surface area contributed by atoms with E-state index in [2.05, 4.69) is 5.32 Å². The first-order valence-electron chi connectivity index (χ1n) is 6.87. The van der Waals surface area contributed by atoms with Gasteiger partial charge >= 0.3 is 0 Å². The third-order valence-electron chi connectivity index (χ3n) is 3.71. The summed E-state index contributed by atoms with van der Waals surface area (Å²) in [4.78, 5) is 12.1. The van der Waals surface area contributed by atoms with Gasteiger partial charge in [-0.2, -0.15) is 0 Å². The van der Waals surface area contributed by atoms with E-state index in [1.165, 1.54) is 0 Å². The molecule has 0 aliphatic carbocycles. The van der Waals surface area contributed by atoms with Gasteiger partial charge in [0, 0.05) is 25.4 Å². The van der Waals surface area contributed by atoms with Crippen LogP contribution in [0.2, 0.25) is 0 Å². The van der Waals surface area contributed by atoms with Crippen LogP contribution >= 0.6 is 0 Å². The molecule has 0 spiro atoms. The Labute approximate surface area is 114 Å². The molecule has 0 bridgehead atoms. The van der Waals surface area contributed by atoms with Gasteiger partial charge in [-0.3, -0.25) is 4.79 Å². The Morgan fingerprint density at radius 2 is 2.21 bits per heavy atom. The quantitative estimate of drug-likeness (QED) is 0.815. The van der Waals surface area contributed by atoms with Crippen LogP contribution < -0.4 is 11.1 Å². The minimum atomic E-state index is -0.164. The molecule has 0 saturated carbocycles. The van der Waals surface area contributed by atoms with Crippen LogP contribution in [0.4, 0.5) is 5.69 Å². The molecule has 1 aliphatic heterocycles. The predicted octanol–water partition coefficient (Wildman–Crippen LogP) is 1.92. The first-order chi connectivity index (χ1) is 9.16. The summed E-state index contributed by atoms with van der Waals surface area (Å²) in [5.41, 5.74) is 7.40. The Hall–Kier alpha value is -1.55. The van der Waals surface area contributed by atoms with E-state index in [1.54, 1.807) is 0 Å². The first-order valence-corrected chi connectivity index (χ1v) is 6.87. The molecule has 1 aromatic carbocycles. The highest BCUT2D eigenvalue weighted by atomic mass is 16.5. The van der Waals surface area contributed by atoms with Crippen LogP contribution in [0.1, 0.15) is 31.2 Å². The number of hydrogen-bond donors (Lipinski definition) is 2. The van der Waals surface area contributed by atoms with E-state index >= 15 is 0 Å². The zero-order valence-corrected chi connectivity index (χ0v) is 11.4. The number of amides is 1. The molecule has 1 fully saturated rings. The molecule has 3 N–H and O–H groups in total. The second-order valence-electron chi connectivity index (χ2n) is 5.19. The van der Waals surface area contributed by atoms with Crippen LogP contribution in [0.5, 0.6) is 0 Å². The molecule has 4 heteroatoms. The van der Waals surface area contributed by atoms with Gasteiger partial charge in [0.1, 0.15) is 0 Å². The first kappa shape index (κ1) is 13.9. The topological polar surface area (TPSA) is 64.3 Å². The maximum atomic E-state index is 12.1. The minimum Gasteiger partial charge on any atom is -0.399 e. The predicted molar refractivity (Wildman–Crippen MR) is 75.8 cm³/mol. The zero-order chi connectivity index (χ0) is 13.7. The third-order valence-corrected chi connectivity index (χ3v) is 3.71. The molecule has 1 atom stereocenters. The lowest BCUT2D eigenvalue weighted by Gasteiger charge is -2.23. The molecule has 1 amide bonds. The molecule has 1 unspecified atom stereocenters. The van der Waals surface area contributed by atoms with E-state index in [1.807, 2.05) is 31.2 Å². The summed E-state index contributed by atoms with van der Waals surface area (Å²) in [6, 6.07) is 7.51. The average molecular weight is 262 g/mol. The van der Waals surface area contributed by atoms with E-state index in [0.29, 0.717) is 11.6 Å². The van der Waals surface area contributed by atoms with Crippen molar-refractivity contribution >= 4 is 11.6 Å². The van der Waals surface area contributed by atoms with Crippen LogP contribution in [0.3, 0.4) is 0 Å². The molecule has 0 radical (unpaired) electrons. The largest absolute Gasteiger partial charge is 0.399 e. The van der Waals surface area contributed by atoms with Gasteiger partial charge in [-0.1, -0.05) is 12.1 Å². The number of anilines is 1. The van der Waals surface area contributed by atoms with E-state index in [0.717, 1.165) is 38.2 Å². The highest BCUT2D eigenvalue weighted by Crippen LogP contribution is 2.18. The molecule has 1 aromatic rings. The number of nitrogen functional groups attached to an aromatic ring is 1. The summed E-state index contributed by atoms with van der Waals surface area (Å²) in [5.74, 6) is 0.450. The zero-order valence-electron chi connectivity index (χ0n) is 11.4. The smallest absolute Gasteiger partial charge is 0.227 e. The Balaban J connectivity index is 1.85. The monoisotopic (exact) mass is 262 g/mol. The van der Waals surface area contributed by atoms with Gasteiger partial charge < -0.3 is 15.8 Å². The minimum absolute atomic E-state index is 0.0668. The van der Waals surface area contributed by atoms with E-state index < -0.39 is 0 Å². The van der Waals surface area contributed by atoms with Crippen LogP contribution in [0.25, 0.3) is 0 Å². The fraction of sp³-hybridized carbons (Fsp3) is 0.533. The van der Waals surface area contributed by atoms with E-state index in [4.69, 9.17) is 10.5 Å². The van der Waals surface area contributed by atoms with Gasteiger partial charge in [-0.05, 0) is 43.4 Å². The van der Waals surface area contributed by atoms with Gasteiger partial charge in [0.2, 0.25) is 5.91 Å². The second-order valence-corrected chi connectivity index (χ2v) is 5.19. The number of ether oxygens (including phenoxy) is 1. The summed E-state index contributed by atoms with van der Waals surface area (Å²) in [6.07, 6.45) is 2.07. The van der Waals surface area contributed by atoms with Crippen LogP contribution in [-0.2, 0) is 9.53 Å². The highest BCUT2D eigenvalue weighted by Gasteiger charge is 2.18. The van der Waals surface area contributed by atoms with Crippen molar-refractivity contribution < 1.29 is 9.53 Å². The Kier molecular flexibility index (Phi) is 4.80. The maximum absolute atomic E-state index is 12.1. The van der Waals surface area contributed by atoms with Crippen LogP contribution in [-0.4, -0.2) is 25.7 Å². The molecule has 19 heavy (non-hydrogen) atoms. The molecule has 4 nitrogen and oxygen atoms in total. The summed E-state index contributed by atoms with van der Waals surface area (Å²) < 4.78 is 5.31. The van der Waals surface area contributed by atoms with Crippen molar-refractivity contribution in [2.45, 2.75) is 25.7 Å². The summed E-state index contributed by atoms with van der Waals surface area (Å²) >= 11 is 0. The van der Waals surface area contributed by atoms with Gasteiger partial charge in [0.05, 0.1) is 5.92 Å². The molecule has 0 aromatic heterocycles. The highest BCUT2D eigenvalue weighted by molar-refractivity contribution is 5.83.